The average Bonchev–Trinajstić information content (AvgIpc) is 3.40. The molecule has 2 heterocycles. The number of fused-ring (bicyclic) bond motifs is 2. The van der Waals surface area contributed by atoms with Crippen molar-refractivity contribution < 1.29 is 19.4 Å². The minimum Gasteiger partial charge on any atom is -0.486 e. The van der Waals surface area contributed by atoms with E-state index in [4.69, 9.17) is 9.47 Å². The van der Waals surface area contributed by atoms with Crippen molar-refractivity contribution in [1.82, 2.24) is 15.5 Å². The Morgan fingerprint density at radius 3 is 2.54 bits per heavy atom. The fraction of sp³-hybridized carbons (Fsp3) is 0.393. The van der Waals surface area contributed by atoms with Crippen molar-refractivity contribution in [3.8, 4) is 11.5 Å². The molecule has 0 bridgehead atoms. The first-order valence-corrected chi connectivity index (χ1v) is 12.4. The van der Waals surface area contributed by atoms with Crippen molar-refractivity contribution in [2.45, 2.75) is 38.0 Å². The van der Waals surface area contributed by atoms with Gasteiger partial charge in [0.15, 0.2) is 11.5 Å². The van der Waals surface area contributed by atoms with E-state index in [1.54, 1.807) is 0 Å². The number of nitrogens with zero attached hydrogens (tertiary/aromatic N) is 1. The highest BCUT2D eigenvalue weighted by atomic mass is 16.6. The van der Waals surface area contributed by atoms with E-state index < -0.39 is 12.1 Å². The summed E-state index contributed by atoms with van der Waals surface area (Å²) in [5.41, 5.74) is 1.75. The zero-order chi connectivity index (χ0) is 24.2. The number of amides is 2. The molecule has 3 N–H and O–H groups in total. The Labute approximate surface area is 206 Å². The third-order valence-corrected chi connectivity index (χ3v) is 6.90. The second kappa shape index (κ2) is 10.5. The minimum absolute atomic E-state index is 0.194. The number of ether oxygens (including phenoxy) is 2. The topological polar surface area (TPSA) is 83.1 Å². The number of hydrogen-bond acceptors (Lipinski definition) is 5. The van der Waals surface area contributed by atoms with E-state index in [-0.39, 0.29) is 12.1 Å². The summed E-state index contributed by atoms with van der Waals surface area (Å²) in [6.45, 7) is 5.50. The summed E-state index contributed by atoms with van der Waals surface area (Å²) in [5, 5.41) is 19.7. The van der Waals surface area contributed by atoms with E-state index >= 15 is 0 Å². The lowest BCUT2D eigenvalue weighted by atomic mass is 9.99. The Morgan fingerprint density at radius 1 is 0.971 bits per heavy atom. The normalized spacial score (nSPS) is 18.1. The zero-order valence-electron chi connectivity index (χ0n) is 20.1. The van der Waals surface area contributed by atoms with Gasteiger partial charge in [0.25, 0.3) is 0 Å². The fourth-order valence-corrected chi connectivity index (χ4v) is 5.06. The van der Waals surface area contributed by atoms with Gasteiger partial charge in [-0.2, -0.15) is 0 Å². The zero-order valence-corrected chi connectivity index (χ0v) is 20.1. The number of aliphatic hydroxyl groups is 1. The van der Waals surface area contributed by atoms with Crippen LogP contribution < -0.4 is 20.1 Å². The highest BCUT2D eigenvalue weighted by Crippen LogP contribution is 2.33. The number of benzene rings is 3. The van der Waals surface area contributed by atoms with Gasteiger partial charge in [0.05, 0.1) is 12.1 Å². The average molecular weight is 476 g/mol. The second-order valence-electron chi connectivity index (χ2n) is 9.37. The fourth-order valence-electron chi connectivity index (χ4n) is 5.06. The Kier molecular flexibility index (Phi) is 7.06. The van der Waals surface area contributed by atoms with Crippen LogP contribution in [0.4, 0.5) is 4.79 Å². The molecule has 0 spiro atoms. The standard InChI is InChI=1S/C28H33N3O4/c1-19(22-10-6-8-20-7-2-3-9-23(20)22)29-28(33)30-24(18-31-13-4-5-14-31)27(32)21-11-12-25-26(17-21)35-16-15-34-25/h2-3,6-12,17,19,24,27,32H,4-5,13-16,18H2,1H3,(H2,29,30,33)/t19?,24?,27-/m1/s1. The van der Waals surface area contributed by atoms with E-state index in [9.17, 15) is 9.90 Å². The van der Waals surface area contributed by atoms with Crippen LogP contribution >= 0.6 is 0 Å². The molecule has 5 rings (SSSR count). The Morgan fingerprint density at radius 2 is 1.71 bits per heavy atom. The summed E-state index contributed by atoms with van der Waals surface area (Å²) in [7, 11) is 0. The van der Waals surface area contributed by atoms with Crippen molar-refractivity contribution in [2.24, 2.45) is 0 Å². The lowest BCUT2D eigenvalue weighted by molar-refractivity contribution is 0.108. The van der Waals surface area contributed by atoms with Gasteiger partial charge in [0.2, 0.25) is 0 Å². The van der Waals surface area contributed by atoms with Crippen LogP contribution in [0.15, 0.2) is 60.7 Å². The molecule has 35 heavy (non-hydrogen) atoms. The number of urea groups is 1. The maximum absolute atomic E-state index is 13.1. The van der Waals surface area contributed by atoms with Gasteiger partial charge in [-0.3, -0.25) is 0 Å². The van der Waals surface area contributed by atoms with E-state index in [1.165, 1.54) is 0 Å². The number of carbonyl (C=O) groups is 1. The number of rotatable bonds is 7. The summed E-state index contributed by atoms with van der Waals surface area (Å²) in [5.74, 6) is 1.31. The van der Waals surface area contributed by atoms with Crippen LogP contribution in [0.25, 0.3) is 10.8 Å². The highest BCUT2D eigenvalue weighted by molar-refractivity contribution is 5.86. The van der Waals surface area contributed by atoms with Crippen LogP contribution in [0, 0.1) is 0 Å². The predicted octanol–water partition coefficient (Wildman–Crippen LogP) is 4.17. The van der Waals surface area contributed by atoms with Crippen LogP contribution in [-0.4, -0.2) is 54.9 Å². The van der Waals surface area contributed by atoms with Crippen molar-refractivity contribution in [2.75, 3.05) is 32.8 Å². The van der Waals surface area contributed by atoms with Crippen LogP contribution in [0.5, 0.6) is 11.5 Å². The first-order valence-electron chi connectivity index (χ1n) is 12.4. The van der Waals surface area contributed by atoms with Crippen LogP contribution in [0.3, 0.4) is 0 Å². The van der Waals surface area contributed by atoms with Crippen molar-refractivity contribution in [3.63, 3.8) is 0 Å². The number of hydrogen-bond donors (Lipinski definition) is 3. The Balaban J connectivity index is 1.31. The maximum atomic E-state index is 13.1. The van der Waals surface area contributed by atoms with Crippen molar-refractivity contribution >= 4 is 16.8 Å². The lowest BCUT2D eigenvalue weighted by Gasteiger charge is -2.30. The van der Waals surface area contributed by atoms with Gasteiger partial charge in [-0.1, -0.05) is 48.5 Å². The predicted molar refractivity (Wildman–Crippen MR) is 136 cm³/mol. The van der Waals surface area contributed by atoms with Gasteiger partial charge in [0, 0.05) is 6.54 Å². The molecule has 0 aliphatic carbocycles. The summed E-state index contributed by atoms with van der Waals surface area (Å²) in [6, 6.07) is 18.8. The molecule has 0 saturated carbocycles. The maximum Gasteiger partial charge on any atom is 0.315 e. The molecule has 1 saturated heterocycles. The molecule has 3 atom stereocenters. The molecule has 7 heteroatoms. The van der Waals surface area contributed by atoms with E-state index in [1.807, 2.05) is 49.4 Å². The monoisotopic (exact) mass is 475 g/mol. The number of carbonyl (C=O) groups excluding carboxylic acids is 1. The van der Waals surface area contributed by atoms with Gasteiger partial charge in [-0.05, 0) is 66.9 Å². The molecular formula is C28H33N3O4. The van der Waals surface area contributed by atoms with Gasteiger partial charge in [-0.25, -0.2) is 4.79 Å². The summed E-state index contributed by atoms with van der Waals surface area (Å²) in [4.78, 5) is 15.4. The van der Waals surface area contributed by atoms with Gasteiger partial charge < -0.3 is 30.1 Å². The van der Waals surface area contributed by atoms with Gasteiger partial charge in [0.1, 0.15) is 19.3 Å². The van der Waals surface area contributed by atoms with Crippen LogP contribution in [-0.2, 0) is 0 Å². The van der Waals surface area contributed by atoms with Crippen LogP contribution in [0.1, 0.15) is 43.0 Å². The van der Waals surface area contributed by atoms with Crippen molar-refractivity contribution in [3.05, 3.63) is 71.8 Å². The first-order chi connectivity index (χ1) is 17.1. The summed E-state index contributed by atoms with van der Waals surface area (Å²) < 4.78 is 11.3. The van der Waals surface area contributed by atoms with Gasteiger partial charge >= 0.3 is 6.03 Å². The lowest BCUT2D eigenvalue weighted by Crippen LogP contribution is -2.50. The SMILES string of the molecule is CC(NC(=O)NC(CN1CCCC1)[C@H](O)c1ccc2c(c1)OCCO2)c1cccc2ccccc12. The van der Waals surface area contributed by atoms with Crippen molar-refractivity contribution in [1.29, 1.82) is 0 Å². The molecule has 7 nitrogen and oxygen atoms in total. The third kappa shape index (κ3) is 5.36. The molecule has 2 aliphatic heterocycles. The summed E-state index contributed by atoms with van der Waals surface area (Å²) >= 11 is 0. The number of nitrogens with one attached hydrogen (secondary N) is 2. The smallest absolute Gasteiger partial charge is 0.315 e. The van der Waals surface area contributed by atoms with Crippen LogP contribution in [0.2, 0.25) is 0 Å². The molecule has 2 amide bonds. The van der Waals surface area contributed by atoms with E-state index in [0.717, 1.165) is 42.3 Å². The van der Waals surface area contributed by atoms with Gasteiger partial charge in [-0.15, -0.1) is 0 Å². The largest absolute Gasteiger partial charge is 0.486 e. The highest BCUT2D eigenvalue weighted by Gasteiger charge is 2.28. The molecule has 184 valence electrons. The summed E-state index contributed by atoms with van der Waals surface area (Å²) in [6.07, 6.45) is 1.39. The molecular weight excluding hydrogens is 442 g/mol. The quantitative estimate of drug-likeness (QED) is 0.478. The minimum atomic E-state index is -0.884. The molecule has 3 aromatic carbocycles. The molecule has 3 aromatic rings. The Hall–Kier alpha value is -3.29. The third-order valence-electron chi connectivity index (χ3n) is 6.90. The Bertz CT molecular complexity index is 1170. The molecule has 0 radical (unpaired) electrons. The number of likely N-dealkylation sites (tertiary alicyclic amines) is 1. The molecule has 0 aromatic heterocycles. The first kappa shape index (κ1) is 23.5. The van der Waals surface area contributed by atoms with E-state index in [2.05, 4.69) is 33.7 Å². The molecule has 2 aliphatic rings. The molecule has 1 fully saturated rings. The number of aliphatic hydroxyl groups excluding tert-OH is 1. The second-order valence-corrected chi connectivity index (χ2v) is 9.37. The molecule has 2 unspecified atom stereocenters. The van der Waals surface area contributed by atoms with E-state index in [0.29, 0.717) is 36.8 Å².